The molecule has 0 atom stereocenters. The number of hydrogen-bond donors (Lipinski definition) is 2. The van der Waals surface area contributed by atoms with E-state index in [1.54, 1.807) is 7.05 Å². The van der Waals surface area contributed by atoms with Gasteiger partial charge in [-0.25, -0.2) is 0 Å². The third-order valence-electron chi connectivity index (χ3n) is 4.91. The number of halogens is 2. The van der Waals surface area contributed by atoms with Crippen LogP contribution in [-0.4, -0.2) is 50.8 Å². The van der Waals surface area contributed by atoms with Gasteiger partial charge in [-0.1, -0.05) is 48.0 Å². The number of aliphatic imine (C=N–C) groups is 1. The molecule has 158 valence electrons. The highest BCUT2D eigenvalue weighted by Gasteiger charge is 2.12. The van der Waals surface area contributed by atoms with Gasteiger partial charge in [0.15, 0.2) is 5.96 Å². The van der Waals surface area contributed by atoms with Crippen molar-refractivity contribution in [2.24, 2.45) is 4.99 Å². The van der Waals surface area contributed by atoms with Crippen LogP contribution in [0.25, 0.3) is 0 Å². The van der Waals surface area contributed by atoms with Crippen LogP contribution in [-0.2, 0) is 24.2 Å². The molecule has 0 amide bonds. The van der Waals surface area contributed by atoms with E-state index in [0.29, 0.717) is 0 Å². The summed E-state index contributed by atoms with van der Waals surface area (Å²) in [6.07, 6.45) is 0.922. The summed E-state index contributed by atoms with van der Waals surface area (Å²) in [6, 6.07) is 16.6. The van der Waals surface area contributed by atoms with Gasteiger partial charge < -0.3 is 15.4 Å². The summed E-state index contributed by atoms with van der Waals surface area (Å²) in [5.41, 5.74) is 3.91. The van der Waals surface area contributed by atoms with Gasteiger partial charge >= 0.3 is 0 Å². The van der Waals surface area contributed by atoms with Crippen molar-refractivity contribution in [2.75, 3.05) is 39.9 Å². The first-order valence-corrected chi connectivity index (χ1v) is 10.2. The van der Waals surface area contributed by atoms with Crippen molar-refractivity contribution < 1.29 is 4.74 Å². The third kappa shape index (κ3) is 8.12. The Morgan fingerprint density at radius 3 is 2.41 bits per heavy atom. The van der Waals surface area contributed by atoms with Gasteiger partial charge in [-0.05, 0) is 35.2 Å². The van der Waals surface area contributed by atoms with E-state index in [2.05, 4.69) is 56.9 Å². The largest absolute Gasteiger partial charge is 0.379 e. The number of ether oxygens (including phenoxy) is 1. The van der Waals surface area contributed by atoms with Gasteiger partial charge in [0.05, 0.1) is 13.2 Å². The standard InChI is InChI=1S/C22H29ClN4O.HI/c1-24-22(25-11-10-18-6-8-21(23)9-7-18)26-16-19-4-2-3-5-20(19)17-27-12-14-28-15-13-27;/h2-9H,10-17H2,1H3,(H2,24,25,26);1H. The Morgan fingerprint density at radius 2 is 1.72 bits per heavy atom. The lowest BCUT2D eigenvalue weighted by Crippen LogP contribution is -2.38. The molecule has 7 heteroatoms. The van der Waals surface area contributed by atoms with Crippen LogP contribution >= 0.6 is 35.6 Å². The quantitative estimate of drug-likeness (QED) is 0.327. The molecule has 1 fully saturated rings. The van der Waals surface area contributed by atoms with E-state index in [4.69, 9.17) is 16.3 Å². The summed E-state index contributed by atoms with van der Waals surface area (Å²) in [5.74, 6) is 0.815. The van der Waals surface area contributed by atoms with Gasteiger partial charge in [-0.15, -0.1) is 24.0 Å². The second-order valence-corrected chi connectivity index (χ2v) is 7.32. The Hall–Kier alpha value is -1.35. The van der Waals surface area contributed by atoms with Crippen LogP contribution in [0.3, 0.4) is 0 Å². The first-order valence-electron chi connectivity index (χ1n) is 9.80. The Bertz CT molecular complexity index is 764. The van der Waals surface area contributed by atoms with Crippen molar-refractivity contribution in [3.63, 3.8) is 0 Å². The predicted octanol–water partition coefficient (Wildman–Crippen LogP) is 3.70. The van der Waals surface area contributed by atoms with Crippen LogP contribution in [0.4, 0.5) is 0 Å². The molecular formula is C22H30ClIN4O. The van der Waals surface area contributed by atoms with Gasteiger partial charge in [-0.3, -0.25) is 9.89 Å². The second kappa shape index (κ2) is 13.1. The lowest BCUT2D eigenvalue weighted by molar-refractivity contribution is 0.0341. The molecule has 0 unspecified atom stereocenters. The van der Waals surface area contributed by atoms with E-state index in [1.165, 1.54) is 16.7 Å². The zero-order valence-electron chi connectivity index (χ0n) is 16.9. The van der Waals surface area contributed by atoms with Crippen molar-refractivity contribution in [1.82, 2.24) is 15.5 Å². The average Bonchev–Trinajstić information content (AvgIpc) is 2.73. The molecule has 2 aromatic rings. The minimum absolute atomic E-state index is 0. The van der Waals surface area contributed by atoms with Gasteiger partial charge in [0.1, 0.15) is 0 Å². The zero-order chi connectivity index (χ0) is 19.6. The van der Waals surface area contributed by atoms with Crippen molar-refractivity contribution in [3.05, 3.63) is 70.2 Å². The SMILES string of the molecule is CN=C(NCCc1ccc(Cl)cc1)NCc1ccccc1CN1CCOCC1.I. The molecule has 1 heterocycles. The molecule has 0 spiro atoms. The monoisotopic (exact) mass is 528 g/mol. The van der Waals surface area contributed by atoms with E-state index >= 15 is 0 Å². The van der Waals surface area contributed by atoms with Gasteiger partial charge in [0.25, 0.3) is 0 Å². The molecule has 0 aromatic heterocycles. The predicted molar refractivity (Wildman–Crippen MR) is 131 cm³/mol. The van der Waals surface area contributed by atoms with Crippen LogP contribution < -0.4 is 10.6 Å². The molecule has 5 nitrogen and oxygen atoms in total. The number of hydrogen-bond acceptors (Lipinski definition) is 3. The minimum Gasteiger partial charge on any atom is -0.379 e. The minimum atomic E-state index is 0. The number of morpholine rings is 1. The van der Waals surface area contributed by atoms with Crippen LogP contribution in [0.15, 0.2) is 53.5 Å². The highest BCUT2D eigenvalue weighted by Crippen LogP contribution is 2.13. The summed E-state index contributed by atoms with van der Waals surface area (Å²) >= 11 is 5.94. The molecular weight excluding hydrogens is 499 g/mol. The van der Waals surface area contributed by atoms with Crippen LogP contribution in [0.2, 0.25) is 5.02 Å². The number of benzene rings is 2. The molecule has 1 aliphatic heterocycles. The molecule has 0 radical (unpaired) electrons. The first kappa shape index (κ1) is 23.9. The van der Waals surface area contributed by atoms with Gasteiger partial charge in [0.2, 0.25) is 0 Å². The van der Waals surface area contributed by atoms with Crippen LogP contribution in [0, 0.1) is 0 Å². The number of rotatable bonds is 7. The maximum atomic E-state index is 5.94. The number of nitrogens with one attached hydrogen (secondary N) is 2. The summed E-state index contributed by atoms with van der Waals surface area (Å²) in [5, 5.41) is 7.58. The smallest absolute Gasteiger partial charge is 0.191 e. The normalized spacial score (nSPS) is 14.9. The fourth-order valence-corrected chi connectivity index (χ4v) is 3.39. The molecule has 1 aliphatic rings. The van der Waals surface area contributed by atoms with E-state index in [0.717, 1.165) is 63.3 Å². The van der Waals surface area contributed by atoms with Gasteiger partial charge in [0, 0.05) is 44.8 Å². The topological polar surface area (TPSA) is 48.9 Å². The van der Waals surface area contributed by atoms with Gasteiger partial charge in [-0.2, -0.15) is 0 Å². The third-order valence-corrected chi connectivity index (χ3v) is 5.16. The zero-order valence-corrected chi connectivity index (χ0v) is 20.0. The molecule has 0 saturated carbocycles. The number of nitrogens with zero attached hydrogens (tertiary/aromatic N) is 2. The van der Waals surface area contributed by atoms with E-state index in [-0.39, 0.29) is 24.0 Å². The highest BCUT2D eigenvalue weighted by molar-refractivity contribution is 14.0. The lowest BCUT2D eigenvalue weighted by atomic mass is 10.1. The molecule has 3 rings (SSSR count). The second-order valence-electron chi connectivity index (χ2n) is 6.89. The molecule has 0 aliphatic carbocycles. The van der Waals surface area contributed by atoms with Crippen molar-refractivity contribution in [2.45, 2.75) is 19.5 Å². The maximum absolute atomic E-state index is 5.94. The average molecular weight is 529 g/mol. The lowest BCUT2D eigenvalue weighted by Gasteiger charge is -2.27. The molecule has 29 heavy (non-hydrogen) atoms. The van der Waals surface area contributed by atoms with Crippen LogP contribution in [0.5, 0.6) is 0 Å². The van der Waals surface area contributed by atoms with Crippen molar-refractivity contribution >= 4 is 41.5 Å². The first-order chi connectivity index (χ1) is 13.7. The molecule has 2 N–H and O–H groups in total. The fraction of sp³-hybridized carbons (Fsp3) is 0.409. The van der Waals surface area contributed by atoms with Crippen LogP contribution in [0.1, 0.15) is 16.7 Å². The Labute approximate surface area is 195 Å². The van der Waals surface area contributed by atoms with Crippen molar-refractivity contribution in [1.29, 1.82) is 0 Å². The number of guanidine groups is 1. The molecule has 2 aromatic carbocycles. The molecule has 1 saturated heterocycles. The summed E-state index contributed by atoms with van der Waals surface area (Å²) in [6.45, 7) is 6.17. The summed E-state index contributed by atoms with van der Waals surface area (Å²) in [7, 11) is 1.80. The summed E-state index contributed by atoms with van der Waals surface area (Å²) < 4.78 is 5.45. The fourth-order valence-electron chi connectivity index (χ4n) is 3.26. The van der Waals surface area contributed by atoms with E-state index < -0.39 is 0 Å². The van der Waals surface area contributed by atoms with E-state index in [9.17, 15) is 0 Å². The summed E-state index contributed by atoms with van der Waals surface area (Å²) in [4.78, 5) is 6.79. The maximum Gasteiger partial charge on any atom is 0.191 e. The van der Waals surface area contributed by atoms with E-state index in [1.807, 2.05) is 12.1 Å². The molecule has 0 bridgehead atoms. The van der Waals surface area contributed by atoms with Crippen molar-refractivity contribution in [3.8, 4) is 0 Å². The Morgan fingerprint density at radius 1 is 1.03 bits per heavy atom. The Balaban J connectivity index is 0.00000300. The Kier molecular flexibility index (Phi) is 10.8. The highest BCUT2D eigenvalue weighted by atomic mass is 127.